The molecule has 0 saturated heterocycles. The highest BCUT2D eigenvalue weighted by molar-refractivity contribution is 8.00. The molecule has 3 unspecified atom stereocenters. The second-order valence-electron chi connectivity index (χ2n) is 5.21. The monoisotopic (exact) mass is 332 g/mol. The topological polar surface area (TPSA) is 35.5 Å². The lowest BCUT2D eigenvalue weighted by Crippen LogP contribution is -2.17. The van der Waals surface area contributed by atoms with Gasteiger partial charge in [0.25, 0.3) is 0 Å². The standard InChI is InChI=1S/C16H30O3P2/c1-5-6-10-16(19-15(4)17)14(3)9-7-8-13(2)11-12-18-21-20/h9,11,16,21H,5-8,10,12,20H2,1-4H3/b13-11+,14-9+. The first-order chi connectivity index (χ1) is 10.0. The fraction of sp³-hybridized carbons (Fsp3) is 0.688. The number of hydrogen-bond acceptors (Lipinski definition) is 3. The SMILES string of the molecule is CCCCC(OC(C)=O)/C(C)=C/CC/C(C)=C/COPP. The molecule has 0 aliphatic heterocycles. The van der Waals surface area contributed by atoms with Gasteiger partial charge in [0.2, 0.25) is 0 Å². The molecule has 0 N–H and O–H groups in total. The molecule has 0 spiro atoms. The highest BCUT2D eigenvalue weighted by atomic mass is 32.0. The number of ether oxygens (including phenoxy) is 1. The van der Waals surface area contributed by atoms with Gasteiger partial charge in [-0.2, -0.15) is 0 Å². The molecule has 0 amide bonds. The van der Waals surface area contributed by atoms with Crippen molar-refractivity contribution < 1.29 is 14.1 Å². The fourth-order valence-electron chi connectivity index (χ4n) is 1.96. The van der Waals surface area contributed by atoms with E-state index in [9.17, 15) is 4.79 Å². The van der Waals surface area contributed by atoms with E-state index in [1.807, 2.05) is 0 Å². The quantitative estimate of drug-likeness (QED) is 0.226. The summed E-state index contributed by atoms with van der Waals surface area (Å²) in [5, 5.41) is 0. The van der Waals surface area contributed by atoms with E-state index in [-0.39, 0.29) is 12.1 Å². The van der Waals surface area contributed by atoms with E-state index < -0.39 is 0 Å². The van der Waals surface area contributed by atoms with E-state index in [4.69, 9.17) is 9.26 Å². The fourth-order valence-corrected chi connectivity index (χ4v) is 2.43. The van der Waals surface area contributed by atoms with Crippen LogP contribution in [-0.4, -0.2) is 18.7 Å². The van der Waals surface area contributed by atoms with Crippen LogP contribution in [0.2, 0.25) is 0 Å². The number of unbranched alkanes of at least 4 members (excludes halogenated alkanes) is 1. The number of rotatable bonds is 11. The first-order valence-electron chi connectivity index (χ1n) is 7.58. The van der Waals surface area contributed by atoms with Crippen molar-refractivity contribution in [2.45, 2.75) is 65.9 Å². The van der Waals surface area contributed by atoms with Gasteiger partial charge >= 0.3 is 5.97 Å². The number of esters is 1. The molecule has 0 fully saturated rings. The van der Waals surface area contributed by atoms with E-state index in [1.165, 1.54) is 12.5 Å². The zero-order chi connectivity index (χ0) is 16.1. The second-order valence-corrected chi connectivity index (χ2v) is 6.44. The third kappa shape index (κ3) is 12.0. The van der Waals surface area contributed by atoms with Gasteiger partial charge in [0.1, 0.15) is 6.10 Å². The molecule has 21 heavy (non-hydrogen) atoms. The van der Waals surface area contributed by atoms with Crippen LogP contribution < -0.4 is 0 Å². The maximum Gasteiger partial charge on any atom is 0.303 e. The number of carbonyl (C=O) groups excluding carboxylic acids is 1. The molecule has 5 heteroatoms. The van der Waals surface area contributed by atoms with Crippen molar-refractivity contribution in [2.24, 2.45) is 0 Å². The maximum atomic E-state index is 11.2. The van der Waals surface area contributed by atoms with Crippen LogP contribution in [0.25, 0.3) is 0 Å². The van der Waals surface area contributed by atoms with Gasteiger partial charge in [0.15, 0.2) is 0 Å². The van der Waals surface area contributed by atoms with Gasteiger partial charge in [0, 0.05) is 15.4 Å². The summed E-state index contributed by atoms with van der Waals surface area (Å²) < 4.78 is 10.7. The molecule has 0 aromatic heterocycles. The third-order valence-corrected chi connectivity index (χ3v) is 4.07. The van der Waals surface area contributed by atoms with Gasteiger partial charge in [-0.25, -0.2) is 0 Å². The highest BCUT2D eigenvalue weighted by Crippen LogP contribution is 2.21. The molecule has 3 nitrogen and oxygen atoms in total. The molecule has 0 radical (unpaired) electrons. The Hall–Kier alpha value is -0.230. The summed E-state index contributed by atoms with van der Waals surface area (Å²) in [6.07, 6.45) is 9.35. The van der Waals surface area contributed by atoms with Crippen LogP contribution in [0.5, 0.6) is 0 Å². The maximum absolute atomic E-state index is 11.2. The summed E-state index contributed by atoms with van der Waals surface area (Å²) in [5.41, 5.74) is 2.49. The lowest BCUT2D eigenvalue weighted by molar-refractivity contribution is -0.144. The summed E-state index contributed by atoms with van der Waals surface area (Å²) >= 11 is 0. The molecule has 0 heterocycles. The van der Waals surface area contributed by atoms with Gasteiger partial charge < -0.3 is 9.26 Å². The van der Waals surface area contributed by atoms with Crippen LogP contribution in [0.1, 0.15) is 59.8 Å². The van der Waals surface area contributed by atoms with Crippen molar-refractivity contribution in [1.29, 1.82) is 0 Å². The first kappa shape index (κ1) is 20.8. The predicted octanol–water partition coefficient (Wildman–Crippen LogP) is 5.18. The molecular formula is C16H30O3P2. The summed E-state index contributed by atoms with van der Waals surface area (Å²) in [6, 6.07) is 0. The minimum atomic E-state index is -0.199. The molecule has 122 valence electrons. The van der Waals surface area contributed by atoms with Gasteiger partial charge in [-0.05, 0) is 45.1 Å². The molecule has 0 aliphatic carbocycles. The Balaban J connectivity index is 4.32. The van der Waals surface area contributed by atoms with Crippen molar-refractivity contribution in [3.05, 3.63) is 23.3 Å². The van der Waals surface area contributed by atoms with Crippen LogP contribution in [0.3, 0.4) is 0 Å². The largest absolute Gasteiger partial charge is 0.458 e. The first-order valence-corrected chi connectivity index (χ1v) is 10.3. The number of hydrogen-bond donors (Lipinski definition) is 0. The zero-order valence-electron chi connectivity index (χ0n) is 13.8. The van der Waals surface area contributed by atoms with Crippen LogP contribution in [0.15, 0.2) is 23.3 Å². The van der Waals surface area contributed by atoms with E-state index in [1.54, 1.807) is 0 Å². The highest BCUT2D eigenvalue weighted by Gasteiger charge is 2.13. The van der Waals surface area contributed by atoms with Crippen molar-refractivity contribution >= 4 is 23.4 Å². The lowest BCUT2D eigenvalue weighted by Gasteiger charge is -2.17. The van der Waals surface area contributed by atoms with Crippen LogP contribution in [0.4, 0.5) is 0 Å². The molecule has 0 aliphatic rings. The minimum Gasteiger partial charge on any atom is -0.458 e. The molecule has 0 aromatic rings. The molecule has 0 bridgehead atoms. The summed E-state index contributed by atoms with van der Waals surface area (Å²) in [4.78, 5) is 11.2. The smallest absolute Gasteiger partial charge is 0.303 e. The van der Waals surface area contributed by atoms with Crippen LogP contribution in [0, 0.1) is 0 Å². The minimum absolute atomic E-state index is 0.0617. The Morgan fingerprint density at radius 2 is 2.00 bits per heavy atom. The predicted molar refractivity (Wildman–Crippen MR) is 95.8 cm³/mol. The van der Waals surface area contributed by atoms with Crippen LogP contribution in [-0.2, 0) is 14.1 Å². The number of allylic oxidation sites excluding steroid dienone is 2. The van der Waals surface area contributed by atoms with Gasteiger partial charge in [-0.1, -0.05) is 40.0 Å². The summed E-state index contributed by atoms with van der Waals surface area (Å²) in [5.74, 6) is -0.199. The Kier molecular flexibility index (Phi) is 13.3. The Morgan fingerprint density at radius 3 is 2.57 bits per heavy atom. The second kappa shape index (κ2) is 13.4. The third-order valence-electron chi connectivity index (χ3n) is 3.24. The molecular weight excluding hydrogens is 302 g/mol. The van der Waals surface area contributed by atoms with Crippen molar-refractivity contribution in [1.82, 2.24) is 0 Å². The Bertz CT molecular complexity index is 351. The van der Waals surface area contributed by atoms with Crippen molar-refractivity contribution in [3.63, 3.8) is 0 Å². The average molecular weight is 332 g/mol. The summed E-state index contributed by atoms with van der Waals surface area (Å²) in [7, 11) is 3.03. The van der Waals surface area contributed by atoms with Gasteiger partial charge in [-0.3, -0.25) is 4.79 Å². The average Bonchev–Trinajstić information content (AvgIpc) is 2.43. The van der Waals surface area contributed by atoms with E-state index >= 15 is 0 Å². The van der Waals surface area contributed by atoms with Gasteiger partial charge in [0.05, 0.1) is 6.61 Å². The van der Waals surface area contributed by atoms with Gasteiger partial charge in [-0.15, -0.1) is 0 Å². The number of carbonyl (C=O) groups is 1. The molecule has 0 aromatic carbocycles. The van der Waals surface area contributed by atoms with E-state index in [0.717, 1.165) is 37.7 Å². The van der Waals surface area contributed by atoms with Crippen LogP contribution >= 0.6 is 17.4 Å². The Morgan fingerprint density at radius 1 is 1.29 bits per heavy atom. The lowest BCUT2D eigenvalue weighted by atomic mass is 10.0. The van der Waals surface area contributed by atoms with Crippen molar-refractivity contribution in [3.8, 4) is 0 Å². The van der Waals surface area contributed by atoms with Crippen molar-refractivity contribution in [2.75, 3.05) is 6.61 Å². The zero-order valence-corrected chi connectivity index (χ0v) is 15.9. The molecule has 3 atom stereocenters. The molecule has 0 saturated carbocycles. The Labute approximate surface area is 133 Å². The van der Waals surface area contributed by atoms with E-state index in [0.29, 0.717) is 15.1 Å². The molecule has 0 rings (SSSR count). The normalized spacial score (nSPS) is 14.7. The summed E-state index contributed by atoms with van der Waals surface area (Å²) in [6.45, 7) is 8.49. The van der Waals surface area contributed by atoms with E-state index in [2.05, 4.69) is 41.9 Å².